The Balaban J connectivity index is 1.63. The van der Waals surface area contributed by atoms with E-state index in [1.54, 1.807) is 16.2 Å². The second-order valence-electron chi connectivity index (χ2n) is 9.37. The molecule has 3 atom stereocenters. The summed E-state index contributed by atoms with van der Waals surface area (Å²) in [5, 5.41) is 3.01. The summed E-state index contributed by atoms with van der Waals surface area (Å²) >= 11 is 1.62. The van der Waals surface area contributed by atoms with Crippen LogP contribution in [0.1, 0.15) is 45.4 Å². The van der Waals surface area contributed by atoms with E-state index < -0.39 is 12.1 Å². The van der Waals surface area contributed by atoms with Crippen molar-refractivity contribution in [3.8, 4) is 10.4 Å². The summed E-state index contributed by atoms with van der Waals surface area (Å²) in [6.07, 6.45) is 0.665. The second-order valence-corrected chi connectivity index (χ2v) is 10.2. The molecule has 2 heterocycles. The highest BCUT2D eigenvalue weighted by atomic mass is 32.1. The zero-order valence-electron chi connectivity index (χ0n) is 18.4. The zero-order chi connectivity index (χ0) is 22.1. The van der Waals surface area contributed by atoms with Crippen molar-refractivity contribution < 1.29 is 9.59 Å². The summed E-state index contributed by atoms with van der Waals surface area (Å²) in [7, 11) is 0. The van der Waals surface area contributed by atoms with Gasteiger partial charge in [-0.1, -0.05) is 52.0 Å². The Morgan fingerprint density at radius 3 is 2.53 bits per heavy atom. The zero-order valence-corrected chi connectivity index (χ0v) is 19.3. The van der Waals surface area contributed by atoms with Crippen LogP contribution in [-0.2, 0) is 16.1 Å². The van der Waals surface area contributed by atoms with Crippen molar-refractivity contribution in [1.82, 2.24) is 15.2 Å². The third kappa shape index (κ3) is 4.90. The number of hydrogen-bond donors (Lipinski definition) is 2. The van der Waals surface area contributed by atoms with Crippen LogP contribution in [0.5, 0.6) is 0 Å². The quantitative estimate of drug-likeness (QED) is 0.764. The number of carbonyl (C=O) groups excluding carboxylic acids is 2. The second kappa shape index (κ2) is 8.86. The first-order valence-electron chi connectivity index (χ1n) is 10.4. The number of thiazole rings is 1. The van der Waals surface area contributed by atoms with Gasteiger partial charge in [-0.05, 0) is 35.8 Å². The first-order chi connectivity index (χ1) is 14.1. The van der Waals surface area contributed by atoms with Crippen molar-refractivity contribution in [3.63, 3.8) is 0 Å². The molecule has 3 rings (SSSR count). The van der Waals surface area contributed by atoms with Gasteiger partial charge in [0.05, 0.1) is 22.1 Å². The van der Waals surface area contributed by atoms with E-state index in [1.807, 2.05) is 45.3 Å². The minimum Gasteiger partial charge on any atom is -0.350 e. The molecule has 2 aromatic rings. The van der Waals surface area contributed by atoms with Gasteiger partial charge < -0.3 is 16.0 Å². The topological polar surface area (TPSA) is 88.3 Å². The minimum atomic E-state index is -0.624. The molecule has 162 valence electrons. The molecule has 1 aromatic carbocycles. The van der Waals surface area contributed by atoms with Crippen molar-refractivity contribution in [2.24, 2.45) is 17.1 Å². The lowest BCUT2D eigenvalue weighted by Crippen LogP contribution is -2.54. The van der Waals surface area contributed by atoms with Gasteiger partial charge in [-0.3, -0.25) is 9.59 Å². The largest absolute Gasteiger partial charge is 0.350 e. The molecule has 1 fully saturated rings. The Hall–Kier alpha value is -2.25. The molecule has 0 bridgehead atoms. The van der Waals surface area contributed by atoms with Crippen LogP contribution in [0.4, 0.5) is 0 Å². The number of nitrogens with zero attached hydrogens (tertiary/aromatic N) is 2. The van der Waals surface area contributed by atoms with E-state index in [2.05, 4.69) is 29.4 Å². The predicted molar refractivity (Wildman–Crippen MR) is 121 cm³/mol. The van der Waals surface area contributed by atoms with Crippen molar-refractivity contribution in [2.75, 3.05) is 6.54 Å². The molecule has 3 N–H and O–H groups in total. The fraction of sp³-hybridized carbons (Fsp3) is 0.522. The fourth-order valence-electron chi connectivity index (χ4n) is 3.75. The summed E-state index contributed by atoms with van der Waals surface area (Å²) in [4.78, 5) is 32.9. The van der Waals surface area contributed by atoms with Crippen molar-refractivity contribution >= 4 is 23.2 Å². The number of aromatic nitrogens is 1. The van der Waals surface area contributed by atoms with Crippen LogP contribution >= 0.6 is 11.3 Å². The van der Waals surface area contributed by atoms with E-state index in [9.17, 15) is 9.59 Å². The van der Waals surface area contributed by atoms with Gasteiger partial charge in [0.25, 0.3) is 0 Å². The van der Waals surface area contributed by atoms with Gasteiger partial charge in [0.15, 0.2) is 0 Å². The average Bonchev–Trinajstić information content (AvgIpc) is 3.30. The summed E-state index contributed by atoms with van der Waals surface area (Å²) in [6.45, 7) is 10.9. The van der Waals surface area contributed by atoms with E-state index in [0.29, 0.717) is 19.5 Å². The van der Waals surface area contributed by atoms with Crippen molar-refractivity contribution in [1.29, 1.82) is 0 Å². The summed E-state index contributed by atoms with van der Waals surface area (Å²) < 4.78 is 0. The third-order valence-corrected chi connectivity index (χ3v) is 6.70. The number of aryl methyl sites for hydroxylation is 1. The van der Waals surface area contributed by atoms with Crippen molar-refractivity contribution in [3.05, 3.63) is 41.0 Å². The Morgan fingerprint density at radius 1 is 1.30 bits per heavy atom. The number of likely N-dealkylation sites (tertiary alicyclic amines) is 1. The van der Waals surface area contributed by atoms with Gasteiger partial charge in [0.2, 0.25) is 11.8 Å². The number of nitrogens with two attached hydrogens (primary N) is 1. The van der Waals surface area contributed by atoms with Crippen LogP contribution in [-0.4, -0.2) is 40.3 Å². The van der Waals surface area contributed by atoms with Crippen LogP contribution in [0.15, 0.2) is 29.8 Å². The number of benzene rings is 1. The summed E-state index contributed by atoms with van der Waals surface area (Å²) in [6, 6.07) is 7.06. The first kappa shape index (κ1) is 22.4. The molecular formula is C23H32N4O2S. The van der Waals surface area contributed by atoms with Crippen LogP contribution in [0.3, 0.4) is 0 Å². The third-order valence-electron chi connectivity index (χ3n) is 5.72. The summed E-state index contributed by atoms with van der Waals surface area (Å²) in [5.74, 6) is 0.0197. The number of nitrogens with one attached hydrogen (secondary N) is 1. The molecule has 1 aromatic heterocycles. The fourth-order valence-corrected chi connectivity index (χ4v) is 4.56. The number of hydrogen-bond acceptors (Lipinski definition) is 5. The van der Waals surface area contributed by atoms with Gasteiger partial charge >= 0.3 is 0 Å². The highest BCUT2D eigenvalue weighted by molar-refractivity contribution is 7.13. The van der Waals surface area contributed by atoms with Crippen LogP contribution in [0.25, 0.3) is 10.4 Å². The SMILES string of the molecule is Cc1ncsc1-c1ccc(CNC(=O)[C@@H]2CC(C)CN2C(=O)[C@@H](N)C(C)(C)C)cc1. The molecule has 0 aliphatic carbocycles. The maximum Gasteiger partial charge on any atom is 0.243 e. The van der Waals surface area contributed by atoms with E-state index in [-0.39, 0.29) is 23.1 Å². The molecule has 0 radical (unpaired) electrons. The molecule has 0 spiro atoms. The highest BCUT2D eigenvalue weighted by Crippen LogP contribution is 2.28. The Morgan fingerprint density at radius 2 is 1.97 bits per heavy atom. The molecule has 1 aliphatic rings. The van der Waals surface area contributed by atoms with Gasteiger partial charge in [0, 0.05) is 13.1 Å². The van der Waals surface area contributed by atoms with Gasteiger partial charge in [-0.25, -0.2) is 4.98 Å². The van der Waals surface area contributed by atoms with Crippen molar-refractivity contribution in [2.45, 2.75) is 59.7 Å². The normalized spacial score (nSPS) is 20.3. The Bertz CT molecular complexity index is 901. The number of rotatable bonds is 5. The highest BCUT2D eigenvalue weighted by Gasteiger charge is 2.41. The molecule has 1 saturated heterocycles. The molecule has 0 saturated carbocycles. The van der Waals surface area contributed by atoms with E-state index >= 15 is 0 Å². The number of amides is 2. The van der Waals surface area contributed by atoms with Gasteiger partial charge in [-0.2, -0.15) is 0 Å². The van der Waals surface area contributed by atoms with Crippen LogP contribution in [0, 0.1) is 18.3 Å². The van der Waals surface area contributed by atoms with E-state index in [1.165, 1.54) is 0 Å². The maximum atomic E-state index is 12.9. The lowest BCUT2D eigenvalue weighted by Gasteiger charge is -2.32. The molecule has 7 heteroatoms. The lowest BCUT2D eigenvalue weighted by atomic mass is 9.86. The maximum absolute atomic E-state index is 12.9. The van der Waals surface area contributed by atoms with E-state index in [4.69, 9.17) is 5.73 Å². The van der Waals surface area contributed by atoms with Gasteiger partial charge in [-0.15, -0.1) is 11.3 Å². The summed E-state index contributed by atoms with van der Waals surface area (Å²) in [5.41, 5.74) is 10.9. The standard InChI is InChI=1S/C23H32N4O2S/c1-14-10-18(27(12-14)22(29)20(24)23(3,4)5)21(28)25-11-16-6-8-17(9-7-16)19-15(2)26-13-30-19/h6-9,13-14,18,20H,10-12,24H2,1-5H3,(H,25,28)/t14?,18-,20+/m0/s1. The lowest BCUT2D eigenvalue weighted by molar-refractivity contribution is -0.141. The molecule has 2 amide bonds. The minimum absolute atomic E-state index is 0.115. The predicted octanol–water partition coefficient (Wildman–Crippen LogP) is 3.35. The molecular weight excluding hydrogens is 396 g/mol. The molecule has 1 aliphatic heterocycles. The van der Waals surface area contributed by atoms with Crippen LogP contribution in [0.2, 0.25) is 0 Å². The average molecular weight is 429 g/mol. The van der Waals surface area contributed by atoms with E-state index in [0.717, 1.165) is 21.7 Å². The number of carbonyl (C=O) groups is 2. The smallest absolute Gasteiger partial charge is 0.243 e. The Kier molecular flexibility index (Phi) is 6.62. The molecule has 1 unspecified atom stereocenters. The van der Waals surface area contributed by atoms with Gasteiger partial charge in [0.1, 0.15) is 6.04 Å². The van der Waals surface area contributed by atoms with Crippen LogP contribution < -0.4 is 11.1 Å². The molecule has 6 nitrogen and oxygen atoms in total. The Labute approximate surface area is 182 Å². The molecule has 30 heavy (non-hydrogen) atoms. The first-order valence-corrected chi connectivity index (χ1v) is 11.3. The monoisotopic (exact) mass is 428 g/mol.